The summed E-state index contributed by atoms with van der Waals surface area (Å²) < 4.78 is 32.3. The molecule has 1 aromatic carbocycles. The van der Waals surface area contributed by atoms with Gasteiger partial charge >= 0.3 is 0 Å². The average Bonchev–Trinajstić information content (AvgIpc) is 3.06. The van der Waals surface area contributed by atoms with Crippen LogP contribution in [0.15, 0.2) is 46.9 Å². The molecule has 152 valence electrons. The van der Waals surface area contributed by atoms with Crippen molar-refractivity contribution in [2.45, 2.75) is 19.2 Å². The molecule has 0 radical (unpaired) electrons. The number of nitrogens with zero attached hydrogens (tertiary/aromatic N) is 3. The number of furan rings is 1. The molecule has 0 unspecified atom stereocenters. The fourth-order valence-corrected chi connectivity index (χ4v) is 4.83. The van der Waals surface area contributed by atoms with E-state index in [9.17, 15) is 13.2 Å². The van der Waals surface area contributed by atoms with Crippen LogP contribution in [0.2, 0.25) is 0 Å². The van der Waals surface area contributed by atoms with Crippen molar-refractivity contribution in [3.05, 3.63) is 59.5 Å². The number of hydrogen-bond acceptors (Lipinski definition) is 5. The zero-order valence-electron chi connectivity index (χ0n) is 16.4. The maximum absolute atomic E-state index is 12.6. The normalized spacial score (nSPS) is 15.9. The molecule has 28 heavy (non-hydrogen) atoms. The molecule has 0 spiro atoms. The number of carbonyl (C=O) groups is 1. The number of aryl methyl sites for hydroxylation is 1. The Hall–Kier alpha value is -2.16. The van der Waals surface area contributed by atoms with Crippen LogP contribution in [-0.4, -0.2) is 68.2 Å². The highest BCUT2D eigenvalue weighted by Gasteiger charge is 2.29. The van der Waals surface area contributed by atoms with Gasteiger partial charge in [-0.1, -0.05) is 30.3 Å². The second kappa shape index (κ2) is 8.89. The minimum Gasteiger partial charge on any atom is -0.465 e. The molecule has 1 fully saturated rings. The standard InChI is InChI=1S/C20H27N3O4S/c1-17-8-9-19(27-17)14-21(2)15-20(24)22-10-12-23(13-11-22)28(25,26)16-18-6-4-3-5-7-18/h3-9H,10-16H2,1-2H3. The monoisotopic (exact) mass is 405 g/mol. The number of likely N-dealkylation sites (N-methyl/N-ethyl adjacent to an activating group) is 1. The molecule has 3 rings (SSSR count). The molecule has 1 amide bonds. The van der Waals surface area contributed by atoms with Crippen LogP contribution in [0.1, 0.15) is 17.1 Å². The largest absolute Gasteiger partial charge is 0.465 e. The van der Waals surface area contributed by atoms with Crippen molar-refractivity contribution in [3.63, 3.8) is 0 Å². The summed E-state index contributed by atoms with van der Waals surface area (Å²) in [6.45, 7) is 4.23. The van der Waals surface area contributed by atoms with Crippen LogP contribution in [-0.2, 0) is 27.1 Å². The molecule has 2 aromatic rings. The molecule has 0 N–H and O–H groups in total. The minimum absolute atomic E-state index is 0.00545. The highest BCUT2D eigenvalue weighted by molar-refractivity contribution is 7.88. The summed E-state index contributed by atoms with van der Waals surface area (Å²) in [5.74, 6) is 1.67. The Morgan fingerprint density at radius 1 is 1.07 bits per heavy atom. The topological polar surface area (TPSA) is 74.1 Å². The first-order valence-electron chi connectivity index (χ1n) is 9.37. The minimum atomic E-state index is -3.37. The lowest BCUT2D eigenvalue weighted by atomic mass is 10.2. The maximum atomic E-state index is 12.6. The fourth-order valence-electron chi connectivity index (χ4n) is 3.31. The summed E-state index contributed by atoms with van der Waals surface area (Å²) >= 11 is 0. The van der Waals surface area contributed by atoms with Crippen molar-refractivity contribution in [1.82, 2.24) is 14.1 Å². The molecule has 8 heteroatoms. The van der Waals surface area contributed by atoms with Crippen molar-refractivity contribution < 1.29 is 17.6 Å². The maximum Gasteiger partial charge on any atom is 0.236 e. The molecule has 1 aromatic heterocycles. The van der Waals surface area contributed by atoms with Gasteiger partial charge in [-0.05, 0) is 31.7 Å². The van der Waals surface area contributed by atoms with E-state index in [0.29, 0.717) is 32.7 Å². The lowest BCUT2D eigenvalue weighted by molar-refractivity contribution is -0.133. The second-order valence-electron chi connectivity index (χ2n) is 7.21. The van der Waals surface area contributed by atoms with E-state index >= 15 is 0 Å². The van der Waals surface area contributed by atoms with E-state index in [2.05, 4.69) is 0 Å². The predicted octanol–water partition coefficient (Wildman–Crippen LogP) is 1.69. The molecule has 2 heterocycles. The number of carbonyl (C=O) groups excluding carboxylic acids is 1. The van der Waals surface area contributed by atoms with Crippen LogP contribution in [0, 0.1) is 6.92 Å². The van der Waals surface area contributed by atoms with E-state index in [1.54, 1.807) is 4.90 Å². The molecule has 0 bridgehead atoms. The van der Waals surface area contributed by atoms with Crippen LogP contribution in [0.5, 0.6) is 0 Å². The molecule has 1 aliphatic rings. The molecule has 7 nitrogen and oxygen atoms in total. The number of sulfonamides is 1. The first-order chi connectivity index (χ1) is 13.3. The lowest BCUT2D eigenvalue weighted by Gasteiger charge is -2.34. The van der Waals surface area contributed by atoms with E-state index in [1.165, 1.54) is 4.31 Å². The van der Waals surface area contributed by atoms with E-state index in [1.807, 2.05) is 61.3 Å². The van der Waals surface area contributed by atoms with Crippen molar-refractivity contribution in [1.29, 1.82) is 0 Å². The van der Waals surface area contributed by atoms with Gasteiger partial charge in [-0.25, -0.2) is 8.42 Å². The van der Waals surface area contributed by atoms with Gasteiger partial charge in [0.15, 0.2) is 0 Å². The van der Waals surface area contributed by atoms with Gasteiger partial charge in [0.1, 0.15) is 11.5 Å². The fraction of sp³-hybridized carbons (Fsp3) is 0.450. The smallest absolute Gasteiger partial charge is 0.236 e. The third-order valence-electron chi connectivity index (χ3n) is 4.80. The molecule has 1 aliphatic heterocycles. The molecular formula is C20H27N3O4S. The van der Waals surface area contributed by atoms with E-state index in [4.69, 9.17) is 4.42 Å². The van der Waals surface area contributed by atoms with Crippen molar-refractivity contribution in [2.75, 3.05) is 39.8 Å². The van der Waals surface area contributed by atoms with Crippen LogP contribution in [0.4, 0.5) is 0 Å². The Morgan fingerprint density at radius 2 is 1.75 bits per heavy atom. The first-order valence-corrected chi connectivity index (χ1v) is 11.0. The molecular weight excluding hydrogens is 378 g/mol. The van der Waals surface area contributed by atoms with Gasteiger partial charge in [0.05, 0.1) is 18.8 Å². The number of rotatable bonds is 7. The highest BCUT2D eigenvalue weighted by Crippen LogP contribution is 2.14. The van der Waals surface area contributed by atoms with E-state index in [0.717, 1.165) is 17.1 Å². The van der Waals surface area contributed by atoms with Gasteiger partial charge < -0.3 is 9.32 Å². The Balaban J connectivity index is 1.48. The van der Waals surface area contributed by atoms with Gasteiger partial charge in [-0.3, -0.25) is 9.69 Å². The average molecular weight is 406 g/mol. The van der Waals surface area contributed by atoms with E-state index < -0.39 is 10.0 Å². The second-order valence-corrected chi connectivity index (χ2v) is 9.18. The Labute approximate surface area is 166 Å². The third-order valence-corrected chi connectivity index (χ3v) is 6.65. The van der Waals surface area contributed by atoms with Crippen molar-refractivity contribution >= 4 is 15.9 Å². The number of hydrogen-bond donors (Lipinski definition) is 0. The SMILES string of the molecule is Cc1ccc(CN(C)CC(=O)N2CCN(S(=O)(=O)Cc3ccccc3)CC2)o1. The lowest BCUT2D eigenvalue weighted by Crippen LogP contribution is -2.52. The van der Waals surface area contributed by atoms with Crippen LogP contribution < -0.4 is 0 Å². The van der Waals surface area contributed by atoms with E-state index in [-0.39, 0.29) is 18.2 Å². The summed E-state index contributed by atoms with van der Waals surface area (Å²) in [5.41, 5.74) is 0.774. The summed E-state index contributed by atoms with van der Waals surface area (Å²) in [6.07, 6.45) is 0. The van der Waals surface area contributed by atoms with Gasteiger partial charge in [0, 0.05) is 26.2 Å². The van der Waals surface area contributed by atoms with Crippen LogP contribution >= 0.6 is 0 Å². The molecule has 0 atom stereocenters. The van der Waals surface area contributed by atoms with Crippen molar-refractivity contribution in [3.8, 4) is 0 Å². The quantitative estimate of drug-likeness (QED) is 0.701. The first kappa shape index (κ1) is 20.6. The predicted molar refractivity (Wildman–Crippen MR) is 107 cm³/mol. The molecule has 0 aliphatic carbocycles. The number of amides is 1. The summed E-state index contributed by atoms with van der Waals surface area (Å²) in [4.78, 5) is 16.2. The Kier molecular flexibility index (Phi) is 6.53. The summed E-state index contributed by atoms with van der Waals surface area (Å²) in [5, 5.41) is 0. The van der Waals surface area contributed by atoms with Gasteiger partial charge in [0.25, 0.3) is 0 Å². The molecule has 0 saturated carbocycles. The summed E-state index contributed by atoms with van der Waals surface area (Å²) in [6, 6.07) is 13.0. The van der Waals surface area contributed by atoms with Crippen LogP contribution in [0.25, 0.3) is 0 Å². The van der Waals surface area contributed by atoms with Gasteiger partial charge in [-0.15, -0.1) is 0 Å². The zero-order chi connectivity index (χ0) is 20.1. The third kappa shape index (κ3) is 5.43. The molecule has 1 saturated heterocycles. The van der Waals surface area contributed by atoms with Crippen LogP contribution in [0.3, 0.4) is 0 Å². The van der Waals surface area contributed by atoms with Gasteiger partial charge in [-0.2, -0.15) is 4.31 Å². The Bertz CT molecular complexity index is 887. The zero-order valence-corrected chi connectivity index (χ0v) is 17.2. The summed E-state index contributed by atoms with van der Waals surface area (Å²) in [7, 11) is -1.50. The number of benzene rings is 1. The Morgan fingerprint density at radius 3 is 2.36 bits per heavy atom. The number of piperazine rings is 1. The van der Waals surface area contributed by atoms with Crippen molar-refractivity contribution in [2.24, 2.45) is 0 Å². The highest BCUT2D eigenvalue weighted by atomic mass is 32.2. The van der Waals surface area contributed by atoms with Gasteiger partial charge in [0.2, 0.25) is 15.9 Å².